The molecule has 3 aliphatic heterocycles. The highest BCUT2D eigenvalue weighted by molar-refractivity contribution is 6.06. The molecule has 4 aliphatic rings. The number of hydrogen-bond acceptors (Lipinski definition) is 8. The maximum absolute atomic E-state index is 17.2. The van der Waals surface area contributed by atoms with Gasteiger partial charge in [-0.1, -0.05) is 121 Å². The fraction of sp³-hybridized carbons (Fsp3) is 0.298. The van der Waals surface area contributed by atoms with Crippen molar-refractivity contribution in [2.24, 2.45) is 0 Å². The van der Waals surface area contributed by atoms with Crippen molar-refractivity contribution < 1.29 is 28.5 Å². The Morgan fingerprint density at radius 2 is 1.41 bits per heavy atom. The summed E-state index contributed by atoms with van der Waals surface area (Å²) in [5.74, 6) is 0.995. The van der Waals surface area contributed by atoms with Gasteiger partial charge in [0.1, 0.15) is 34.9 Å². The molecule has 5 heterocycles. The van der Waals surface area contributed by atoms with E-state index < -0.39 is 17.7 Å². The first kappa shape index (κ1) is 43.0. The zero-order valence-electron chi connectivity index (χ0n) is 38.7. The van der Waals surface area contributed by atoms with E-state index >= 15 is 4.39 Å². The first-order valence-electron chi connectivity index (χ1n) is 24.2. The summed E-state index contributed by atoms with van der Waals surface area (Å²) < 4.78 is 39.0. The summed E-state index contributed by atoms with van der Waals surface area (Å²) in [6.45, 7) is 5.91. The van der Waals surface area contributed by atoms with Crippen LogP contribution in [0.4, 0.5) is 15.0 Å². The fourth-order valence-corrected chi connectivity index (χ4v) is 11.3. The van der Waals surface area contributed by atoms with Gasteiger partial charge in [-0.2, -0.15) is 15.1 Å². The average molecular weight is 921 g/mol. The zero-order valence-corrected chi connectivity index (χ0v) is 38.7. The molecule has 1 N–H and O–H groups in total. The Kier molecular flexibility index (Phi) is 10.8. The average Bonchev–Trinajstić information content (AvgIpc) is 3.82. The molecule has 8 aromatic rings. The van der Waals surface area contributed by atoms with Gasteiger partial charge < -0.3 is 29.1 Å². The lowest BCUT2D eigenvalue weighted by Gasteiger charge is -2.36. The van der Waals surface area contributed by atoms with E-state index in [0.29, 0.717) is 79.3 Å². The molecule has 1 aliphatic carbocycles. The number of aromatic nitrogens is 4. The lowest BCUT2D eigenvalue weighted by atomic mass is 9.77. The van der Waals surface area contributed by atoms with Gasteiger partial charge in [0.25, 0.3) is 0 Å². The second kappa shape index (κ2) is 17.3. The van der Waals surface area contributed by atoms with Crippen molar-refractivity contribution in [2.45, 2.75) is 81.7 Å². The quantitative estimate of drug-likeness (QED) is 0.120. The van der Waals surface area contributed by atoms with Crippen LogP contribution in [0, 0.1) is 12.7 Å². The van der Waals surface area contributed by atoms with Crippen LogP contribution in [-0.2, 0) is 10.3 Å². The van der Waals surface area contributed by atoms with Gasteiger partial charge in [0, 0.05) is 60.1 Å². The predicted molar refractivity (Wildman–Crippen MR) is 264 cm³/mol. The van der Waals surface area contributed by atoms with Gasteiger partial charge >= 0.3 is 12.1 Å². The molecule has 3 saturated heterocycles. The maximum atomic E-state index is 17.2. The van der Waals surface area contributed by atoms with E-state index in [-0.39, 0.29) is 35.9 Å². The van der Waals surface area contributed by atoms with E-state index in [9.17, 15) is 9.90 Å². The number of carboxylic acid groups (broad SMARTS) is 1. The standard InChI is InChI=1S/C57H53FN6O5/c1-35-48(58)31-49-47(34-64(61-49)57(39-17-9-4-10-18-39,40-19-11-5-12-20-40)41-21-13-6-14-22-41)50(35)51-45(38-23-24-38)30-46-52(53(51)68-36(2)37-15-7-3-8-16-37)59-55(69-44-25-27-67-28-26-44)60-54(46)62-32-43-29-42(62)33-63(43)56(65)66/h3-22,30-31,34,36,38,42-44H,23-29,32-33H2,1-2H3,(H,65,66)/t36-,42-,43-/m0/s1. The van der Waals surface area contributed by atoms with E-state index in [1.807, 2.05) is 54.9 Å². The zero-order chi connectivity index (χ0) is 46.8. The van der Waals surface area contributed by atoms with E-state index in [1.54, 1.807) is 11.0 Å². The van der Waals surface area contributed by atoms with Crippen molar-refractivity contribution in [3.8, 4) is 22.9 Å². The second-order valence-electron chi connectivity index (χ2n) is 19.1. The molecule has 69 heavy (non-hydrogen) atoms. The molecular formula is C57H53FN6O5. The lowest BCUT2D eigenvalue weighted by molar-refractivity contribution is 0.0218. The first-order chi connectivity index (χ1) is 33.8. The molecule has 0 radical (unpaired) electrons. The van der Waals surface area contributed by atoms with Gasteiger partial charge in [0.2, 0.25) is 0 Å². The van der Waals surface area contributed by atoms with E-state index in [1.165, 1.54) is 0 Å². The molecule has 2 bridgehead atoms. The highest BCUT2D eigenvalue weighted by Crippen LogP contribution is 2.55. The molecule has 348 valence electrons. The topological polar surface area (TPSA) is 115 Å². The normalized spacial score (nSPS) is 18.8. The summed E-state index contributed by atoms with van der Waals surface area (Å²) in [7, 11) is 0. The number of anilines is 1. The van der Waals surface area contributed by atoms with Crippen LogP contribution >= 0.6 is 0 Å². The molecule has 1 amide bonds. The lowest BCUT2D eigenvalue weighted by Crippen LogP contribution is -2.48. The Labute approximate surface area is 400 Å². The molecule has 12 rings (SSSR count). The fourth-order valence-electron chi connectivity index (χ4n) is 11.3. The molecule has 2 aromatic heterocycles. The van der Waals surface area contributed by atoms with E-state index in [2.05, 4.69) is 102 Å². The van der Waals surface area contributed by atoms with Crippen LogP contribution in [0.3, 0.4) is 0 Å². The van der Waals surface area contributed by atoms with E-state index in [4.69, 9.17) is 29.3 Å². The van der Waals surface area contributed by atoms with Crippen molar-refractivity contribution in [2.75, 3.05) is 31.2 Å². The van der Waals surface area contributed by atoms with Crippen LogP contribution in [0.25, 0.3) is 32.9 Å². The third-order valence-corrected chi connectivity index (χ3v) is 14.9. The number of rotatable bonds is 12. The van der Waals surface area contributed by atoms with Crippen LogP contribution < -0.4 is 14.4 Å². The smallest absolute Gasteiger partial charge is 0.407 e. The third kappa shape index (κ3) is 7.43. The first-order valence-corrected chi connectivity index (χ1v) is 24.2. The highest BCUT2D eigenvalue weighted by atomic mass is 19.1. The molecule has 6 aromatic carbocycles. The number of nitrogens with zero attached hydrogens (tertiary/aromatic N) is 6. The molecular weight excluding hydrogens is 868 g/mol. The van der Waals surface area contributed by atoms with Crippen LogP contribution in [-0.4, -0.2) is 80.3 Å². The van der Waals surface area contributed by atoms with E-state index in [0.717, 1.165) is 57.0 Å². The SMILES string of the molecule is Cc1c(F)cc2nn(C(c3ccccc3)(c3ccccc3)c3ccccc3)cc2c1-c1c(C2CC2)cc2c(N3C[C@@H]4C[C@H]3CN4C(=O)O)nc(OC3CCOCC3)nc2c1O[C@@H](C)c1ccccc1. The summed E-state index contributed by atoms with van der Waals surface area (Å²) in [6, 6.07) is 45.0. The summed E-state index contributed by atoms with van der Waals surface area (Å²) in [6.07, 6.45) is 4.58. The van der Waals surface area contributed by atoms with Crippen molar-refractivity contribution in [3.63, 3.8) is 0 Å². The summed E-state index contributed by atoms with van der Waals surface area (Å²) in [5.41, 5.74) is 7.07. The minimum atomic E-state index is -0.946. The maximum Gasteiger partial charge on any atom is 0.407 e. The minimum Gasteiger partial charge on any atom is -0.483 e. The number of benzene rings is 6. The number of fused-ring (bicyclic) bond motifs is 4. The minimum absolute atomic E-state index is 0.0770. The number of amides is 1. The number of halogens is 1. The molecule has 12 heteroatoms. The molecule has 3 atom stereocenters. The summed E-state index contributed by atoms with van der Waals surface area (Å²) in [4.78, 5) is 26.6. The van der Waals surface area contributed by atoms with Gasteiger partial charge in [0.05, 0.1) is 30.8 Å². The van der Waals surface area contributed by atoms with Crippen LogP contribution in [0.15, 0.2) is 140 Å². The number of likely N-dealkylation sites (tertiary alicyclic amines) is 1. The molecule has 1 saturated carbocycles. The van der Waals surface area contributed by atoms with Gasteiger partial charge in [-0.25, -0.2) is 9.18 Å². The van der Waals surface area contributed by atoms with Gasteiger partial charge in [0.15, 0.2) is 5.75 Å². The molecule has 4 fully saturated rings. The van der Waals surface area contributed by atoms with Gasteiger partial charge in [-0.15, -0.1) is 0 Å². The summed E-state index contributed by atoms with van der Waals surface area (Å²) >= 11 is 0. The Hall–Kier alpha value is -7.31. The van der Waals surface area contributed by atoms with Crippen LogP contribution in [0.1, 0.15) is 84.4 Å². The Morgan fingerprint density at radius 1 is 0.783 bits per heavy atom. The number of hydrogen-bond donors (Lipinski definition) is 1. The number of carbonyl (C=O) groups is 1. The Morgan fingerprint density at radius 3 is 1.99 bits per heavy atom. The van der Waals surface area contributed by atoms with Gasteiger partial charge in [-0.05, 0) is 78.5 Å². The molecule has 11 nitrogen and oxygen atoms in total. The van der Waals surface area contributed by atoms with Crippen molar-refractivity contribution in [3.05, 3.63) is 179 Å². The van der Waals surface area contributed by atoms with Crippen LogP contribution in [0.5, 0.6) is 11.8 Å². The highest BCUT2D eigenvalue weighted by Gasteiger charge is 2.47. The largest absolute Gasteiger partial charge is 0.483 e. The molecule has 0 unspecified atom stereocenters. The number of piperazine rings is 1. The molecule has 0 spiro atoms. The third-order valence-electron chi connectivity index (χ3n) is 14.9. The van der Waals surface area contributed by atoms with Gasteiger partial charge in [-0.3, -0.25) is 4.68 Å². The van der Waals surface area contributed by atoms with Crippen molar-refractivity contribution in [1.29, 1.82) is 0 Å². The Balaban J connectivity index is 1.15. The predicted octanol–water partition coefficient (Wildman–Crippen LogP) is 11.5. The number of ether oxygens (including phenoxy) is 3. The summed E-state index contributed by atoms with van der Waals surface area (Å²) in [5, 5.41) is 17.1. The monoisotopic (exact) mass is 920 g/mol. The van der Waals surface area contributed by atoms with Crippen molar-refractivity contribution in [1.82, 2.24) is 24.6 Å². The Bertz CT molecular complexity index is 3100. The second-order valence-corrected chi connectivity index (χ2v) is 19.1. The van der Waals surface area contributed by atoms with Crippen LogP contribution in [0.2, 0.25) is 0 Å². The van der Waals surface area contributed by atoms with Crippen molar-refractivity contribution >= 4 is 33.7 Å².